The predicted molar refractivity (Wildman–Crippen MR) is 93.7 cm³/mol. The highest BCUT2D eigenvalue weighted by atomic mass is 32.1. The van der Waals surface area contributed by atoms with Crippen molar-refractivity contribution < 1.29 is 14.3 Å². The fourth-order valence-electron chi connectivity index (χ4n) is 2.27. The second kappa shape index (κ2) is 8.30. The van der Waals surface area contributed by atoms with Gasteiger partial charge in [-0.3, -0.25) is 4.79 Å². The zero-order chi connectivity index (χ0) is 18.4. The lowest BCUT2D eigenvalue weighted by Crippen LogP contribution is -2.28. The van der Waals surface area contributed by atoms with Crippen LogP contribution in [-0.2, 0) is 16.0 Å². The molecule has 1 aromatic carbocycles. The number of hydrogen-bond donors (Lipinski definition) is 1. The molecule has 10 heteroatoms. The van der Waals surface area contributed by atoms with Gasteiger partial charge in [-0.05, 0) is 22.9 Å². The van der Waals surface area contributed by atoms with Crippen molar-refractivity contribution in [3.8, 4) is 0 Å². The maximum Gasteiger partial charge on any atom is 0.357 e. The first-order valence-corrected chi connectivity index (χ1v) is 8.75. The molecular weight excluding hydrogens is 356 g/mol. The van der Waals surface area contributed by atoms with Crippen LogP contribution in [0.3, 0.4) is 0 Å². The molecule has 0 saturated heterocycles. The fraction of sp³-hybridized carbons (Fsp3) is 0.250. The number of tetrazole rings is 1. The number of nitrogens with zero attached hydrogens (tertiary/aromatic N) is 5. The second-order valence-corrected chi connectivity index (χ2v) is 6.10. The molecule has 0 aliphatic carbocycles. The van der Waals surface area contributed by atoms with Gasteiger partial charge in [-0.25, -0.2) is 14.5 Å². The number of nitrogens with one attached hydrogen (secondary N) is 1. The molecule has 0 aliphatic heterocycles. The summed E-state index contributed by atoms with van der Waals surface area (Å²) in [5.74, 6) is -0.850. The quantitative estimate of drug-likeness (QED) is 0.629. The summed E-state index contributed by atoms with van der Waals surface area (Å²) in [7, 11) is 0. The van der Waals surface area contributed by atoms with Gasteiger partial charge in [0.15, 0.2) is 10.8 Å². The summed E-state index contributed by atoms with van der Waals surface area (Å²) >= 11 is 1.15. The van der Waals surface area contributed by atoms with Crippen molar-refractivity contribution >= 4 is 28.3 Å². The Bertz CT molecular complexity index is 865. The Labute approximate surface area is 153 Å². The zero-order valence-corrected chi connectivity index (χ0v) is 14.7. The van der Waals surface area contributed by atoms with E-state index in [1.807, 2.05) is 30.3 Å². The van der Waals surface area contributed by atoms with Crippen LogP contribution in [0.4, 0.5) is 5.13 Å². The van der Waals surface area contributed by atoms with Gasteiger partial charge in [0.25, 0.3) is 5.91 Å². The summed E-state index contributed by atoms with van der Waals surface area (Å²) < 4.78 is 6.28. The van der Waals surface area contributed by atoms with Gasteiger partial charge < -0.3 is 10.1 Å². The van der Waals surface area contributed by atoms with Crippen molar-refractivity contribution in [1.29, 1.82) is 0 Å². The number of aromatic nitrogens is 5. The number of carbonyl (C=O) groups is 2. The van der Waals surface area contributed by atoms with Crippen molar-refractivity contribution in [2.24, 2.45) is 0 Å². The van der Waals surface area contributed by atoms with Crippen molar-refractivity contribution in [1.82, 2.24) is 25.2 Å². The molecule has 0 aliphatic rings. The summed E-state index contributed by atoms with van der Waals surface area (Å²) in [6.45, 7) is 1.98. The van der Waals surface area contributed by atoms with Crippen molar-refractivity contribution in [3.05, 3.63) is 53.3 Å². The van der Waals surface area contributed by atoms with E-state index < -0.39 is 12.0 Å². The number of anilines is 1. The number of esters is 1. The Morgan fingerprint density at radius 1 is 1.31 bits per heavy atom. The molecule has 0 saturated carbocycles. The summed E-state index contributed by atoms with van der Waals surface area (Å²) in [4.78, 5) is 28.5. The van der Waals surface area contributed by atoms with Gasteiger partial charge in [0, 0.05) is 11.8 Å². The first kappa shape index (κ1) is 17.7. The molecule has 0 spiro atoms. The monoisotopic (exact) mass is 372 g/mol. The van der Waals surface area contributed by atoms with Gasteiger partial charge in [-0.2, -0.15) is 0 Å². The van der Waals surface area contributed by atoms with Gasteiger partial charge in [-0.15, -0.1) is 16.4 Å². The molecule has 3 aromatic rings. The van der Waals surface area contributed by atoms with E-state index in [1.54, 1.807) is 6.92 Å². The van der Waals surface area contributed by atoms with Crippen molar-refractivity contribution in [3.63, 3.8) is 0 Å². The van der Waals surface area contributed by atoms with E-state index >= 15 is 0 Å². The average Bonchev–Trinajstić information content (AvgIpc) is 3.33. The Hall–Kier alpha value is -3.14. The number of thiazole rings is 1. The lowest BCUT2D eigenvalue weighted by atomic mass is 10.1. The largest absolute Gasteiger partial charge is 0.461 e. The number of amides is 1. The Morgan fingerprint density at radius 3 is 2.81 bits per heavy atom. The third kappa shape index (κ3) is 4.28. The van der Waals surface area contributed by atoms with Crippen LogP contribution in [0, 0.1) is 0 Å². The lowest BCUT2D eigenvalue weighted by molar-refractivity contribution is -0.119. The molecule has 1 N–H and O–H groups in total. The van der Waals surface area contributed by atoms with Crippen LogP contribution < -0.4 is 5.32 Å². The van der Waals surface area contributed by atoms with Gasteiger partial charge >= 0.3 is 5.97 Å². The molecule has 26 heavy (non-hydrogen) atoms. The van der Waals surface area contributed by atoms with E-state index in [2.05, 4.69) is 25.8 Å². The fourth-order valence-corrected chi connectivity index (χ4v) is 2.96. The maximum absolute atomic E-state index is 12.7. The predicted octanol–water partition coefficient (Wildman–Crippen LogP) is 1.73. The molecule has 9 nitrogen and oxygen atoms in total. The molecule has 0 fully saturated rings. The summed E-state index contributed by atoms with van der Waals surface area (Å²) in [5.41, 5.74) is 1.13. The number of benzene rings is 1. The molecule has 0 bridgehead atoms. The maximum atomic E-state index is 12.7. The Morgan fingerprint density at radius 2 is 2.12 bits per heavy atom. The molecule has 1 atom stereocenters. The van der Waals surface area contributed by atoms with Gasteiger partial charge in [-0.1, -0.05) is 30.3 Å². The molecule has 134 valence electrons. The minimum Gasteiger partial charge on any atom is -0.461 e. The standard InChI is InChI=1S/C16H16N6O3S/c1-2-25-15(24)12-9-26-16(18-12)19-14(23)13(22-10-17-20-21-22)8-11-6-4-3-5-7-11/h3-7,9-10,13H,2,8H2,1H3,(H,18,19,23). The van der Waals surface area contributed by atoms with E-state index in [9.17, 15) is 9.59 Å². The number of rotatable bonds is 7. The number of ether oxygens (including phenoxy) is 1. The number of hydrogen-bond acceptors (Lipinski definition) is 8. The molecule has 3 rings (SSSR count). The van der Waals surface area contributed by atoms with Crippen LogP contribution in [0.1, 0.15) is 29.0 Å². The molecule has 2 heterocycles. The van der Waals surface area contributed by atoms with Gasteiger partial charge in [0.2, 0.25) is 0 Å². The smallest absolute Gasteiger partial charge is 0.357 e. The first-order chi connectivity index (χ1) is 12.7. The van der Waals surface area contributed by atoms with Crippen LogP contribution in [0.2, 0.25) is 0 Å². The minimum atomic E-state index is -0.651. The third-order valence-electron chi connectivity index (χ3n) is 3.48. The van der Waals surface area contributed by atoms with Crippen molar-refractivity contribution in [2.45, 2.75) is 19.4 Å². The Balaban J connectivity index is 1.75. The van der Waals surface area contributed by atoms with Crippen LogP contribution in [0.15, 0.2) is 42.0 Å². The summed E-state index contributed by atoms with van der Waals surface area (Å²) in [6, 6.07) is 8.90. The van der Waals surface area contributed by atoms with Crippen LogP contribution in [0.5, 0.6) is 0 Å². The Kier molecular flexibility index (Phi) is 5.64. The first-order valence-electron chi connectivity index (χ1n) is 7.87. The normalized spacial score (nSPS) is 11.7. The SMILES string of the molecule is CCOC(=O)c1csc(NC(=O)C(Cc2ccccc2)n2cnnn2)n1. The van der Waals surface area contributed by atoms with Crippen LogP contribution in [-0.4, -0.2) is 43.7 Å². The molecular formula is C16H16N6O3S. The highest BCUT2D eigenvalue weighted by Gasteiger charge is 2.24. The van der Waals surface area contributed by atoms with Gasteiger partial charge in [0.05, 0.1) is 6.61 Å². The minimum absolute atomic E-state index is 0.161. The highest BCUT2D eigenvalue weighted by molar-refractivity contribution is 7.14. The summed E-state index contributed by atoms with van der Waals surface area (Å²) in [6.07, 6.45) is 1.80. The van der Waals surface area contributed by atoms with E-state index in [1.165, 1.54) is 16.4 Å². The molecule has 1 unspecified atom stereocenters. The van der Waals surface area contributed by atoms with E-state index in [-0.39, 0.29) is 18.2 Å². The zero-order valence-electron chi connectivity index (χ0n) is 13.9. The molecule has 2 aromatic heterocycles. The lowest BCUT2D eigenvalue weighted by Gasteiger charge is -2.15. The van der Waals surface area contributed by atoms with E-state index in [0.717, 1.165) is 16.9 Å². The van der Waals surface area contributed by atoms with Gasteiger partial charge in [0.1, 0.15) is 12.4 Å². The van der Waals surface area contributed by atoms with E-state index in [4.69, 9.17) is 4.74 Å². The average molecular weight is 372 g/mol. The third-order valence-corrected chi connectivity index (χ3v) is 4.24. The van der Waals surface area contributed by atoms with Crippen LogP contribution >= 0.6 is 11.3 Å². The second-order valence-electron chi connectivity index (χ2n) is 5.24. The highest BCUT2D eigenvalue weighted by Crippen LogP contribution is 2.20. The topological polar surface area (TPSA) is 112 Å². The van der Waals surface area contributed by atoms with Crippen LogP contribution in [0.25, 0.3) is 0 Å². The van der Waals surface area contributed by atoms with E-state index in [0.29, 0.717) is 11.6 Å². The molecule has 0 radical (unpaired) electrons. The molecule has 1 amide bonds. The number of carbonyl (C=O) groups excluding carboxylic acids is 2. The van der Waals surface area contributed by atoms with Crippen molar-refractivity contribution in [2.75, 3.05) is 11.9 Å². The summed E-state index contributed by atoms with van der Waals surface area (Å²) in [5, 5.41) is 15.6.